The summed E-state index contributed by atoms with van der Waals surface area (Å²) in [7, 11) is -3.56. The molecule has 1 saturated heterocycles. The number of rotatable bonds is 6. The molecule has 3 aromatic rings. The molecule has 2 aromatic carbocycles. The molecular weight excluding hydrogens is 478 g/mol. The molecule has 0 saturated carbocycles. The topological polar surface area (TPSA) is 60.9 Å². The Hall–Kier alpha value is -2.52. The Morgan fingerprint density at radius 2 is 1.69 bits per heavy atom. The SMILES string of the molecule is CC1CN(C(=O)CCN2CCc3sccc3C2c2ccccc2)CCN1S(=O)(=O)c1ccccc1. The van der Waals surface area contributed by atoms with Gasteiger partial charge in [0, 0.05) is 50.1 Å². The van der Waals surface area contributed by atoms with Crippen LogP contribution in [0.3, 0.4) is 0 Å². The summed E-state index contributed by atoms with van der Waals surface area (Å²) in [6.07, 6.45) is 1.44. The summed E-state index contributed by atoms with van der Waals surface area (Å²) in [5, 5.41) is 2.17. The molecule has 1 fully saturated rings. The van der Waals surface area contributed by atoms with E-state index < -0.39 is 10.0 Å². The van der Waals surface area contributed by atoms with E-state index in [-0.39, 0.29) is 18.0 Å². The van der Waals surface area contributed by atoms with Crippen molar-refractivity contribution in [2.75, 3.05) is 32.7 Å². The van der Waals surface area contributed by atoms with Crippen LogP contribution in [0.25, 0.3) is 0 Å². The molecular formula is C27H31N3O3S2. The van der Waals surface area contributed by atoms with Crippen LogP contribution < -0.4 is 0 Å². The van der Waals surface area contributed by atoms with Gasteiger partial charge in [-0.2, -0.15) is 4.31 Å². The number of piperazine rings is 1. The minimum absolute atomic E-state index is 0.0940. The predicted octanol–water partition coefficient (Wildman–Crippen LogP) is 4.01. The Balaban J connectivity index is 1.23. The second-order valence-corrected chi connectivity index (χ2v) is 12.2. The van der Waals surface area contributed by atoms with E-state index in [0.29, 0.717) is 37.5 Å². The van der Waals surface area contributed by atoms with E-state index in [2.05, 4.69) is 40.6 Å². The minimum Gasteiger partial charge on any atom is -0.340 e. The largest absolute Gasteiger partial charge is 0.340 e. The highest BCUT2D eigenvalue weighted by Gasteiger charge is 2.35. The molecule has 2 aliphatic rings. The Morgan fingerprint density at radius 3 is 2.40 bits per heavy atom. The first-order valence-corrected chi connectivity index (χ1v) is 14.5. The summed E-state index contributed by atoms with van der Waals surface area (Å²) < 4.78 is 27.7. The van der Waals surface area contributed by atoms with Crippen LogP contribution in [0.2, 0.25) is 0 Å². The van der Waals surface area contributed by atoms with Crippen molar-refractivity contribution in [3.8, 4) is 0 Å². The second-order valence-electron chi connectivity index (χ2n) is 9.27. The van der Waals surface area contributed by atoms with Crippen molar-refractivity contribution in [1.82, 2.24) is 14.1 Å². The number of carbonyl (C=O) groups excluding carboxylic acids is 1. The van der Waals surface area contributed by atoms with E-state index >= 15 is 0 Å². The zero-order valence-electron chi connectivity index (χ0n) is 19.9. The summed E-state index contributed by atoms with van der Waals surface area (Å²) in [5.74, 6) is 0.0940. The van der Waals surface area contributed by atoms with Gasteiger partial charge in [-0.05, 0) is 48.1 Å². The summed E-state index contributed by atoms with van der Waals surface area (Å²) in [5.41, 5.74) is 2.61. The lowest BCUT2D eigenvalue weighted by atomic mass is 9.93. The van der Waals surface area contributed by atoms with Crippen molar-refractivity contribution in [3.63, 3.8) is 0 Å². The number of carbonyl (C=O) groups is 1. The molecule has 3 heterocycles. The summed E-state index contributed by atoms with van der Waals surface area (Å²) >= 11 is 1.82. The van der Waals surface area contributed by atoms with Gasteiger partial charge in [0.2, 0.25) is 15.9 Å². The van der Waals surface area contributed by atoms with Gasteiger partial charge in [0.1, 0.15) is 0 Å². The van der Waals surface area contributed by atoms with Crippen molar-refractivity contribution in [1.29, 1.82) is 0 Å². The number of nitrogens with zero attached hydrogens (tertiary/aromatic N) is 3. The lowest BCUT2D eigenvalue weighted by Gasteiger charge is -2.40. The molecule has 8 heteroatoms. The van der Waals surface area contributed by atoms with Crippen LogP contribution in [-0.2, 0) is 21.2 Å². The fraction of sp³-hybridized carbons (Fsp3) is 0.370. The number of fused-ring (bicyclic) bond motifs is 1. The standard InChI is InChI=1S/C27H31N3O3S2/c1-21-20-29(17-18-30(21)35(32,33)23-10-6-3-7-11-23)26(31)13-16-28-15-12-25-24(14-19-34-25)27(28)22-8-4-2-5-9-22/h2-11,14,19,21,27H,12-13,15-18,20H2,1H3. The molecule has 2 unspecified atom stereocenters. The molecule has 0 radical (unpaired) electrons. The highest BCUT2D eigenvalue weighted by atomic mass is 32.2. The predicted molar refractivity (Wildman–Crippen MR) is 139 cm³/mol. The maximum atomic E-state index is 13.2. The first-order chi connectivity index (χ1) is 16.9. The van der Waals surface area contributed by atoms with Crippen molar-refractivity contribution in [2.45, 2.75) is 36.7 Å². The summed E-state index contributed by atoms with van der Waals surface area (Å²) in [6, 6.07) is 21.2. The quantitative estimate of drug-likeness (QED) is 0.504. The number of amides is 1. The van der Waals surface area contributed by atoms with Gasteiger partial charge < -0.3 is 4.90 Å². The number of hydrogen-bond donors (Lipinski definition) is 0. The molecule has 184 valence electrons. The fourth-order valence-corrected chi connectivity index (χ4v) is 7.82. The van der Waals surface area contributed by atoms with E-state index in [1.54, 1.807) is 24.3 Å². The van der Waals surface area contributed by atoms with Gasteiger partial charge in [0.25, 0.3) is 0 Å². The Kier molecular flexibility index (Phi) is 7.07. The average Bonchev–Trinajstić information content (AvgIpc) is 3.36. The molecule has 6 nitrogen and oxygen atoms in total. The highest BCUT2D eigenvalue weighted by Crippen LogP contribution is 2.37. The van der Waals surface area contributed by atoms with Crippen LogP contribution in [0.15, 0.2) is 77.0 Å². The van der Waals surface area contributed by atoms with Gasteiger partial charge in [-0.1, -0.05) is 48.5 Å². The van der Waals surface area contributed by atoms with E-state index in [4.69, 9.17) is 0 Å². The second kappa shape index (κ2) is 10.2. The molecule has 5 rings (SSSR count). The Morgan fingerprint density at radius 1 is 0.971 bits per heavy atom. The zero-order chi connectivity index (χ0) is 24.4. The minimum atomic E-state index is -3.56. The van der Waals surface area contributed by atoms with Gasteiger partial charge in [0.15, 0.2) is 0 Å². The molecule has 2 atom stereocenters. The van der Waals surface area contributed by atoms with Gasteiger partial charge in [-0.3, -0.25) is 9.69 Å². The molecule has 1 amide bonds. The fourth-order valence-electron chi connectivity index (χ4n) is 5.28. The van der Waals surface area contributed by atoms with Crippen LogP contribution in [0.4, 0.5) is 0 Å². The van der Waals surface area contributed by atoms with Crippen LogP contribution in [0, 0.1) is 0 Å². The van der Waals surface area contributed by atoms with E-state index in [1.807, 2.05) is 35.3 Å². The Labute approximate surface area is 211 Å². The first-order valence-electron chi connectivity index (χ1n) is 12.1. The van der Waals surface area contributed by atoms with E-state index in [0.717, 1.165) is 13.0 Å². The molecule has 35 heavy (non-hydrogen) atoms. The third kappa shape index (κ3) is 4.93. The number of hydrogen-bond acceptors (Lipinski definition) is 5. The molecule has 2 aliphatic heterocycles. The van der Waals surface area contributed by atoms with Crippen molar-refractivity contribution >= 4 is 27.3 Å². The molecule has 0 spiro atoms. The van der Waals surface area contributed by atoms with Gasteiger partial charge in [-0.25, -0.2) is 8.42 Å². The molecule has 1 aromatic heterocycles. The zero-order valence-corrected chi connectivity index (χ0v) is 21.5. The first kappa shape index (κ1) is 24.2. The lowest BCUT2D eigenvalue weighted by Crippen LogP contribution is -2.55. The number of thiophene rings is 1. The average molecular weight is 510 g/mol. The number of benzene rings is 2. The van der Waals surface area contributed by atoms with Crippen molar-refractivity contribution in [3.05, 3.63) is 88.1 Å². The van der Waals surface area contributed by atoms with E-state index in [9.17, 15) is 13.2 Å². The summed E-state index contributed by atoms with van der Waals surface area (Å²) in [4.78, 5) is 19.2. The normalized spacial score (nSPS) is 21.6. The molecule has 0 aliphatic carbocycles. The van der Waals surface area contributed by atoms with Crippen molar-refractivity contribution in [2.24, 2.45) is 0 Å². The van der Waals surface area contributed by atoms with Crippen LogP contribution in [0.5, 0.6) is 0 Å². The van der Waals surface area contributed by atoms with Gasteiger partial charge in [-0.15, -0.1) is 11.3 Å². The monoisotopic (exact) mass is 509 g/mol. The number of sulfonamides is 1. The third-order valence-electron chi connectivity index (χ3n) is 7.06. The van der Waals surface area contributed by atoms with Crippen LogP contribution in [0.1, 0.15) is 35.4 Å². The van der Waals surface area contributed by atoms with Crippen molar-refractivity contribution < 1.29 is 13.2 Å². The summed E-state index contributed by atoms with van der Waals surface area (Å²) in [6.45, 7) is 4.66. The van der Waals surface area contributed by atoms with Crippen LogP contribution >= 0.6 is 11.3 Å². The maximum Gasteiger partial charge on any atom is 0.243 e. The molecule has 0 N–H and O–H groups in total. The van der Waals surface area contributed by atoms with Gasteiger partial charge in [0.05, 0.1) is 10.9 Å². The third-order valence-corrected chi connectivity index (χ3v) is 10.1. The lowest BCUT2D eigenvalue weighted by molar-refractivity contribution is -0.133. The van der Waals surface area contributed by atoms with Crippen LogP contribution in [-0.4, -0.2) is 67.2 Å². The smallest absolute Gasteiger partial charge is 0.243 e. The van der Waals surface area contributed by atoms with Gasteiger partial charge >= 0.3 is 0 Å². The highest BCUT2D eigenvalue weighted by molar-refractivity contribution is 7.89. The van der Waals surface area contributed by atoms with E-state index in [1.165, 1.54) is 20.3 Å². The maximum absolute atomic E-state index is 13.2. The molecule has 0 bridgehead atoms. The Bertz CT molecular complexity index is 1260.